The van der Waals surface area contributed by atoms with Gasteiger partial charge in [-0.25, -0.2) is 9.48 Å². The van der Waals surface area contributed by atoms with Crippen LogP contribution in [-0.4, -0.2) is 42.2 Å². The smallest absolute Gasteiger partial charge is 0.325 e. The average molecular weight is 405 g/mol. The molecule has 0 radical (unpaired) electrons. The molecule has 4 aromatic rings. The minimum Gasteiger partial charge on any atom is -0.461 e. The summed E-state index contributed by atoms with van der Waals surface area (Å²) in [4.78, 5) is 26.9. The van der Waals surface area contributed by atoms with Crippen LogP contribution in [0.1, 0.15) is 18.2 Å². The number of amides is 3. The maximum absolute atomic E-state index is 13.2. The van der Waals surface area contributed by atoms with Gasteiger partial charge in [0.15, 0.2) is 5.76 Å². The second-order valence-electron chi connectivity index (χ2n) is 6.91. The van der Waals surface area contributed by atoms with Crippen molar-refractivity contribution in [1.82, 2.24) is 35.6 Å². The van der Waals surface area contributed by atoms with Crippen molar-refractivity contribution in [2.75, 3.05) is 0 Å². The van der Waals surface area contributed by atoms with Gasteiger partial charge in [-0.1, -0.05) is 17.3 Å². The highest BCUT2D eigenvalue weighted by molar-refractivity contribution is 6.07. The SMILES string of the molecule is CC1(c2cccc(-n3cnnn3)c2)NC(=O)N(Cc2cc(-c3ccco3)on2)C1=O. The van der Waals surface area contributed by atoms with Gasteiger partial charge in [-0.2, -0.15) is 0 Å². The lowest BCUT2D eigenvalue weighted by atomic mass is 9.91. The molecule has 1 aliphatic rings. The maximum Gasteiger partial charge on any atom is 0.325 e. The topological polar surface area (TPSA) is 132 Å². The third-order valence-corrected chi connectivity index (χ3v) is 4.96. The molecule has 0 saturated carbocycles. The average Bonchev–Trinajstić information content (AvgIpc) is 3.54. The molecule has 1 aliphatic heterocycles. The standard InChI is InChI=1S/C19H15N7O4/c1-19(12-4-2-5-14(8-12)26-11-20-23-24-26)17(27)25(18(28)21-19)10-13-9-16(30-22-13)15-6-3-7-29-15/h2-9,11H,10H2,1H3,(H,21,28). The maximum atomic E-state index is 13.2. The molecule has 1 aromatic carbocycles. The summed E-state index contributed by atoms with van der Waals surface area (Å²) in [5.41, 5.74) is 0.456. The molecule has 4 heterocycles. The molecule has 1 saturated heterocycles. The van der Waals surface area contributed by atoms with Gasteiger partial charge < -0.3 is 14.3 Å². The normalized spacial score (nSPS) is 18.8. The number of nitrogens with zero attached hydrogens (tertiary/aromatic N) is 6. The van der Waals surface area contributed by atoms with Crippen molar-refractivity contribution in [1.29, 1.82) is 0 Å². The van der Waals surface area contributed by atoms with Crippen molar-refractivity contribution in [3.63, 3.8) is 0 Å². The number of carbonyl (C=O) groups is 2. The zero-order chi connectivity index (χ0) is 20.7. The summed E-state index contributed by atoms with van der Waals surface area (Å²) >= 11 is 0. The Kier molecular flexibility index (Phi) is 3.95. The van der Waals surface area contributed by atoms with Crippen LogP contribution in [0.2, 0.25) is 0 Å². The molecule has 5 rings (SSSR count). The van der Waals surface area contributed by atoms with E-state index in [0.717, 1.165) is 4.90 Å². The zero-order valence-electron chi connectivity index (χ0n) is 15.7. The number of carbonyl (C=O) groups excluding carboxylic acids is 2. The quantitative estimate of drug-likeness (QED) is 0.498. The van der Waals surface area contributed by atoms with Gasteiger partial charge in [0, 0.05) is 6.07 Å². The van der Waals surface area contributed by atoms with Crippen LogP contribution >= 0.6 is 0 Å². The Bertz CT molecular complexity index is 1220. The van der Waals surface area contributed by atoms with Crippen molar-refractivity contribution >= 4 is 11.9 Å². The second-order valence-corrected chi connectivity index (χ2v) is 6.91. The first-order valence-electron chi connectivity index (χ1n) is 9.02. The Morgan fingerprint density at radius 1 is 1.13 bits per heavy atom. The number of furan rings is 1. The Labute approximate surface area is 169 Å². The van der Waals surface area contributed by atoms with Crippen LogP contribution in [0.5, 0.6) is 0 Å². The van der Waals surface area contributed by atoms with Gasteiger partial charge in [0.1, 0.15) is 17.6 Å². The van der Waals surface area contributed by atoms with E-state index < -0.39 is 17.5 Å². The van der Waals surface area contributed by atoms with E-state index in [-0.39, 0.29) is 6.54 Å². The molecule has 11 heteroatoms. The van der Waals surface area contributed by atoms with E-state index in [1.165, 1.54) is 17.3 Å². The fourth-order valence-electron chi connectivity index (χ4n) is 3.36. The van der Waals surface area contributed by atoms with Gasteiger partial charge in [-0.3, -0.25) is 9.69 Å². The van der Waals surface area contributed by atoms with E-state index in [4.69, 9.17) is 8.94 Å². The lowest BCUT2D eigenvalue weighted by molar-refractivity contribution is -0.131. The summed E-state index contributed by atoms with van der Waals surface area (Å²) in [6.45, 7) is 1.63. The van der Waals surface area contributed by atoms with Crippen molar-refractivity contribution in [2.24, 2.45) is 0 Å². The molecular weight excluding hydrogens is 390 g/mol. The minimum absolute atomic E-state index is 0.0306. The molecule has 150 valence electrons. The van der Waals surface area contributed by atoms with Gasteiger partial charge in [0.05, 0.1) is 18.5 Å². The highest BCUT2D eigenvalue weighted by Crippen LogP contribution is 2.31. The van der Waals surface area contributed by atoms with E-state index >= 15 is 0 Å². The van der Waals surface area contributed by atoms with Gasteiger partial charge in [-0.15, -0.1) is 5.10 Å². The largest absolute Gasteiger partial charge is 0.461 e. The molecule has 3 aromatic heterocycles. The lowest BCUT2D eigenvalue weighted by Gasteiger charge is -2.22. The van der Waals surface area contributed by atoms with Crippen molar-refractivity contribution < 1.29 is 18.5 Å². The van der Waals surface area contributed by atoms with Crippen molar-refractivity contribution in [3.8, 4) is 17.2 Å². The van der Waals surface area contributed by atoms with E-state index in [9.17, 15) is 9.59 Å². The number of imide groups is 1. The highest BCUT2D eigenvalue weighted by Gasteiger charge is 2.49. The number of tetrazole rings is 1. The van der Waals surface area contributed by atoms with Crippen LogP contribution in [-0.2, 0) is 16.9 Å². The van der Waals surface area contributed by atoms with Gasteiger partial charge >= 0.3 is 6.03 Å². The lowest BCUT2D eigenvalue weighted by Crippen LogP contribution is -2.40. The van der Waals surface area contributed by atoms with Crippen molar-refractivity contribution in [2.45, 2.75) is 19.0 Å². The second kappa shape index (κ2) is 6.65. The van der Waals surface area contributed by atoms with Gasteiger partial charge in [0.25, 0.3) is 5.91 Å². The summed E-state index contributed by atoms with van der Waals surface area (Å²) < 4.78 is 12.0. The van der Waals surface area contributed by atoms with Crippen LogP contribution in [0.15, 0.2) is 64.0 Å². The Balaban J connectivity index is 1.41. The predicted octanol–water partition coefficient (Wildman–Crippen LogP) is 1.88. The molecule has 1 fully saturated rings. The molecule has 3 amide bonds. The molecule has 1 unspecified atom stereocenters. The fourth-order valence-corrected chi connectivity index (χ4v) is 3.36. The molecule has 30 heavy (non-hydrogen) atoms. The van der Waals surface area contributed by atoms with Crippen LogP contribution in [0.3, 0.4) is 0 Å². The molecule has 1 N–H and O–H groups in total. The minimum atomic E-state index is -1.24. The summed E-state index contributed by atoms with van der Waals surface area (Å²) in [7, 11) is 0. The van der Waals surface area contributed by atoms with E-state index in [1.807, 2.05) is 0 Å². The molecule has 0 bridgehead atoms. The molecule has 11 nitrogen and oxygen atoms in total. The number of rotatable bonds is 5. The Morgan fingerprint density at radius 2 is 2.03 bits per heavy atom. The van der Waals surface area contributed by atoms with E-state index in [2.05, 4.69) is 26.0 Å². The summed E-state index contributed by atoms with van der Waals surface area (Å²) in [6.07, 6.45) is 2.97. The molecule has 1 atom stereocenters. The first-order valence-corrected chi connectivity index (χ1v) is 9.02. The Morgan fingerprint density at radius 3 is 2.80 bits per heavy atom. The first-order chi connectivity index (χ1) is 14.5. The zero-order valence-corrected chi connectivity index (χ0v) is 15.7. The summed E-state index contributed by atoms with van der Waals surface area (Å²) in [6, 6.07) is 11.7. The van der Waals surface area contributed by atoms with Gasteiger partial charge in [-0.05, 0) is 47.2 Å². The number of urea groups is 1. The molecule has 0 spiro atoms. The van der Waals surface area contributed by atoms with E-state index in [1.54, 1.807) is 49.4 Å². The van der Waals surface area contributed by atoms with Crippen LogP contribution in [0, 0.1) is 0 Å². The van der Waals surface area contributed by atoms with Gasteiger partial charge in [0.2, 0.25) is 5.76 Å². The first kappa shape index (κ1) is 17.8. The number of hydrogen-bond acceptors (Lipinski definition) is 8. The summed E-state index contributed by atoms with van der Waals surface area (Å²) in [5.74, 6) is 0.526. The number of aromatic nitrogens is 5. The monoisotopic (exact) mass is 405 g/mol. The third kappa shape index (κ3) is 2.83. The van der Waals surface area contributed by atoms with Crippen molar-refractivity contribution in [3.05, 3.63) is 66.3 Å². The highest BCUT2D eigenvalue weighted by atomic mass is 16.5. The molecular formula is C19H15N7O4. The van der Waals surface area contributed by atoms with Crippen LogP contribution in [0.4, 0.5) is 4.79 Å². The van der Waals surface area contributed by atoms with E-state index in [0.29, 0.717) is 28.5 Å². The number of hydrogen-bond donors (Lipinski definition) is 1. The van der Waals surface area contributed by atoms with Crippen LogP contribution in [0.25, 0.3) is 17.2 Å². The number of benzene rings is 1. The Hall–Kier alpha value is -4.28. The predicted molar refractivity (Wildman–Crippen MR) is 99.8 cm³/mol. The summed E-state index contributed by atoms with van der Waals surface area (Å²) in [5, 5.41) is 17.8. The van der Waals surface area contributed by atoms with Crippen LogP contribution < -0.4 is 5.32 Å². The third-order valence-electron chi connectivity index (χ3n) is 4.96. The molecule has 0 aliphatic carbocycles. The fraction of sp³-hybridized carbons (Fsp3) is 0.158. The number of nitrogens with one attached hydrogen (secondary N) is 1.